The van der Waals surface area contributed by atoms with Crippen LogP contribution in [0.4, 0.5) is 0 Å². The number of hydrazone groups is 1. The lowest BCUT2D eigenvalue weighted by Crippen LogP contribution is -2.20. The quantitative estimate of drug-likeness (QED) is 0.294. The van der Waals surface area contributed by atoms with Gasteiger partial charge in [0.15, 0.2) is 0 Å². The largest absolute Gasteiger partial charge is 0.494 e. The molecule has 1 amide bonds. The fraction of sp³-hybridized carbons (Fsp3) is 0.160. The van der Waals surface area contributed by atoms with Crippen molar-refractivity contribution in [1.82, 2.24) is 10.4 Å². The number of aromatic nitrogens is 1. The van der Waals surface area contributed by atoms with Crippen LogP contribution in [-0.4, -0.2) is 23.2 Å². The average Bonchev–Trinajstić information content (AvgIpc) is 3.34. The van der Waals surface area contributed by atoms with Gasteiger partial charge in [-0.1, -0.05) is 31.2 Å². The number of rotatable bonds is 7. The summed E-state index contributed by atoms with van der Waals surface area (Å²) < 4.78 is 5.53. The van der Waals surface area contributed by atoms with Crippen LogP contribution < -0.4 is 10.2 Å². The van der Waals surface area contributed by atoms with E-state index in [1.807, 2.05) is 86.0 Å². The predicted molar refractivity (Wildman–Crippen MR) is 127 cm³/mol. The van der Waals surface area contributed by atoms with Gasteiger partial charge < -0.3 is 4.74 Å². The van der Waals surface area contributed by atoms with Crippen LogP contribution in [0.1, 0.15) is 35.5 Å². The molecular weight excluding hydrogens is 406 g/mol. The van der Waals surface area contributed by atoms with Crippen LogP contribution in [0, 0.1) is 0 Å². The van der Waals surface area contributed by atoms with E-state index in [2.05, 4.69) is 10.5 Å². The van der Waals surface area contributed by atoms with E-state index < -0.39 is 0 Å². The molecule has 5 nitrogen and oxygen atoms in total. The highest BCUT2D eigenvalue weighted by molar-refractivity contribution is 7.12. The molecule has 0 aliphatic carbocycles. The van der Waals surface area contributed by atoms with E-state index in [0.717, 1.165) is 44.9 Å². The van der Waals surface area contributed by atoms with Crippen molar-refractivity contribution in [3.8, 4) is 17.0 Å². The molecule has 0 unspecified atom stereocenters. The monoisotopic (exact) mass is 429 g/mol. The first kappa shape index (κ1) is 20.8. The van der Waals surface area contributed by atoms with Crippen molar-refractivity contribution >= 4 is 33.9 Å². The second-order valence-corrected chi connectivity index (χ2v) is 7.81. The second-order valence-electron chi connectivity index (χ2n) is 6.86. The van der Waals surface area contributed by atoms with Crippen LogP contribution >= 0.6 is 11.3 Å². The minimum Gasteiger partial charge on any atom is -0.494 e. The first-order valence-electron chi connectivity index (χ1n) is 10.2. The lowest BCUT2D eigenvalue weighted by atomic mass is 10.0. The van der Waals surface area contributed by atoms with E-state index in [4.69, 9.17) is 9.72 Å². The Hall–Kier alpha value is -3.51. The number of carbonyl (C=O) groups excluding carboxylic acids is 1. The van der Waals surface area contributed by atoms with Gasteiger partial charge in [-0.3, -0.25) is 4.79 Å². The molecule has 0 bridgehead atoms. The van der Waals surface area contributed by atoms with E-state index in [9.17, 15) is 4.79 Å². The van der Waals surface area contributed by atoms with E-state index in [-0.39, 0.29) is 5.91 Å². The highest BCUT2D eigenvalue weighted by Crippen LogP contribution is 2.26. The van der Waals surface area contributed by atoms with Gasteiger partial charge in [-0.15, -0.1) is 11.3 Å². The number of fused-ring (bicyclic) bond motifs is 1. The number of ether oxygens (including phenoxy) is 1. The number of pyridine rings is 1. The number of nitrogens with one attached hydrogen (secondary N) is 1. The average molecular weight is 430 g/mol. The third-order valence-corrected chi connectivity index (χ3v) is 5.77. The van der Waals surface area contributed by atoms with Crippen molar-refractivity contribution in [1.29, 1.82) is 0 Å². The molecule has 0 saturated carbocycles. The van der Waals surface area contributed by atoms with Crippen LogP contribution in [0.25, 0.3) is 22.2 Å². The number of amides is 1. The molecule has 31 heavy (non-hydrogen) atoms. The van der Waals surface area contributed by atoms with Crippen LogP contribution in [-0.2, 0) is 0 Å². The standard InChI is InChI=1S/C25H23N3O2S/c1-3-21(24-10-7-15-31-24)27-28-25(29)20-16-23(26-22-9-6-5-8-19(20)22)17-11-13-18(14-12-17)30-4-2/h5-16H,3-4H2,1-2H3,(H,28,29)/b27-21+. The Morgan fingerprint density at radius 1 is 1.06 bits per heavy atom. The predicted octanol–water partition coefficient (Wildman–Crippen LogP) is 5.91. The SMILES string of the molecule is CCOc1ccc(-c2cc(C(=O)N/N=C(\CC)c3cccs3)c3ccccc3n2)cc1. The molecule has 0 saturated heterocycles. The molecule has 0 spiro atoms. The van der Waals surface area contributed by atoms with Crippen LogP contribution in [0.5, 0.6) is 5.75 Å². The molecular formula is C25H23N3O2S. The first-order chi connectivity index (χ1) is 15.2. The third kappa shape index (κ3) is 4.64. The first-order valence-corrected chi connectivity index (χ1v) is 11.1. The van der Waals surface area contributed by atoms with Gasteiger partial charge in [-0.25, -0.2) is 10.4 Å². The normalized spacial score (nSPS) is 11.5. The Bertz CT molecular complexity index is 1220. The molecule has 2 heterocycles. The summed E-state index contributed by atoms with van der Waals surface area (Å²) in [5, 5.41) is 7.19. The van der Waals surface area contributed by atoms with Crippen LogP contribution in [0.15, 0.2) is 77.2 Å². The maximum Gasteiger partial charge on any atom is 0.272 e. The summed E-state index contributed by atoms with van der Waals surface area (Å²) in [5.41, 5.74) is 6.54. The smallest absolute Gasteiger partial charge is 0.272 e. The number of nitrogens with zero attached hydrogens (tertiary/aromatic N) is 2. The summed E-state index contributed by atoms with van der Waals surface area (Å²) in [6.45, 7) is 4.59. The molecule has 6 heteroatoms. The Morgan fingerprint density at radius 3 is 2.58 bits per heavy atom. The van der Waals surface area contributed by atoms with E-state index in [1.165, 1.54) is 0 Å². The van der Waals surface area contributed by atoms with Crippen molar-refractivity contribution in [2.45, 2.75) is 20.3 Å². The minimum absolute atomic E-state index is 0.256. The molecule has 0 aliphatic rings. The lowest BCUT2D eigenvalue weighted by molar-refractivity contribution is 0.0956. The molecule has 0 fully saturated rings. The fourth-order valence-corrected chi connectivity index (χ4v) is 4.12. The molecule has 4 aromatic rings. The Morgan fingerprint density at radius 2 is 1.87 bits per heavy atom. The maximum atomic E-state index is 13.1. The number of para-hydroxylation sites is 1. The summed E-state index contributed by atoms with van der Waals surface area (Å²) in [4.78, 5) is 18.9. The summed E-state index contributed by atoms with van der Waals surface area (Å²) in [7, 11) is 0. The van der Waals surface area contributed by atoms with Crippen molar-refractivity contribution in [2.24, 2.45) is 5.10 Å². The highest BCUT2D eigenvalue weighted by atomic mass is 32.1. The van der Waals surface area contributed by atoms with Gasteiger partial charge in [-0.05, 0) is 61.2 Å². The van der Waals surface area contributed by atoms with Crippen LogP contribution in [0.2, 0.25) is 0 Å². The van der Waals surface area contributed by atoms with Gasteiger partial charge in [0, 0.05) is 10.9 Å². The third-order valence-electron chi connectivity index (χ3n) is 4.85. The van der Waals surface area contributed by atoms with Gasteiger partial charge >= 0.3 is 0 Å². The highest BCUT2D eigenvalue weighted by Gasteiger charge is 2.14. The summed E-state index contributed by atoms with van der Waals surface area (Å²) >= 11 is 1.61. The van der Waals surface area contributed by atoms with Crippen LogP contribution in [0.3, 0.4) is 0 Å². The zero-order valence-electron chi connectivity index (χ0n) is 17.5. The zero-order valence-corrected chi connectivity index (χ0v) is 18.3. The van der Waals surface area contributed by atoms with Gasteiger partial charge in [0.05, 0.1) is 34.0 Å². The lowest BCUT2D eigenvalue weighted by Gasteiger charge is -2.10. The van der Waals surface area contributed by atoms with E-state index >= 15 is 0 Å². The van der Waals surface area contributed by atoms with Gasteiger partial charge in [0.25, 0.3) is 5.91 Å². The molecule has 0 radical (unpaired) electrons. The molecule has 4 rings (SSSR count). The van der Waals surface area contributed by atoms with Crippen molar-refractivity contribution in [3.05, 3.63) is 82.6 Å². The molecule has 156 valence electrons. The molecule has 0 aliphatic heterocycles. The van der Waals surface area contributed by atoms with Gasteiger partial charge in [-0.2, -0.15) is 5.10 Å². The summed E-state index contributed by atoms with van der Waals surface area (Å²) in [6, 6.07) is 21.2. The topological polar surface area (TPSA) is 63.6 Å². The second kappa shape index (κ2) is 9.53. The Kier molecular flexibility index (Phi) is 6.38. The molecule has 2 aromatic carbocycles. The number of carbonyl (C=O) groups is 1. The molecule has 0 atom stereocenters. The minimum atomic E-state index is -0.256. The van der Waals surface area contributed by atoms with Gasteiger partial charge in [0.1, 0.15) is 5.75 Å². The zero-order chi connectivity index (χ0) is 21.6. The fourth-order valence-electron chi connectivity index (χ4n) is 3.33. The van der Waals surface area contributed by atoms with Gasteiger partial charge in [0.2, 0.25) is 0 Å². The summed E-state index contributed by atoms with van der Waals surface area (Å²) in [6.07, 6.45) is 0.731. The number of thiophene rings is 1. The maximum absolute atomic E-state index is 13.1. The number of benzene rings is 2. The number of hydrogen-bond acceptors (Lipinski definition) is 5. The molecule has 2 aromatic heterocycles. The molecule has 1 N–H and O–H groups in total. The van der Waals surface area contributed by atoms with E-state index in [0.29, 0.717) is 12.2 Å². The Balaban J connectivity index is 1.70. The number of hydrogen-bond donors (Lipinski definition) is 1. The van der Waals surface area contributed by atoms with Crippen molar-refractivity contribution in [2.75, 3.05) is 6.61 Å². The van der Waals surface area contributed by atoms with E-state index in [1.54, 1.807) is 11.3 Å². The van der Waals surface area contributed by atoms with Crippen molar-refractivity contribution < 1.29 is 9.53 Å². The Labute approximate surface area is 185 Å². The van der Waals surface area contributed by atoms with Crippen molar-refractivity contribution in [3.63, 3.8) is 0 Å². The summed E-state index contributed by atoms with van der Waals surface area (Å²) in [5.74, 6) is 0.549.